The van der Waals surface area contributed by atoms with Crippen molar-refractivity contribution in [3.05, 3.63) is 77.9 Å². The second kappa shape index (κ2) is 16.5. The minimum atomic E-state index is -1.28. The summed E-state index contributed by atoms with van der Waals surface area (Å²) in [4.78, 5) is 41.1. The largest absolute Gasteiger partial charge is 0.480 e. The van der Waals surface area contributed by atoms with E-state index in [1.165, 1.54) is 62.0 Å². The lowest BCUT2D eigenvalue weighted by molar-refractivity contribution is -0.139. The molecule has 9 nitrogen and oxygen atoms in total. The van der Waals surface area contributed by atoms with E-state index >= 15 is 0 Å². The zero-order valence-corrected chi connectivity index (χ0v) is 25.0. The second-order valence-electron chi connectivity index (χ2n) is 11.1. The molecular formula is C34H43N3O6. The molecule has 2 N–H and O–H groups in total. The lowest BCUT2D eigenvalue weighted by Crippen LogP contribution is -2.43. The summed E-state index contributed by atoms with van der Waals surface area (Å²) in [7, 11) is 0. The highest BCUT2D eigenvalue weighted by Gasteiger charge is 2.30. The van der Waals surface area contributed by atoms with Crippen LogP contribution in [0.2, 0.25) is 0 Å². The molecule has 2 aromatic carbocycles. The van der Waals surface area contributed by atoms with Gasteiger partial charge in [-0.25, -0.2) is 23.9 Å². The van der Waals surface area contributed by atoms with E-state index in [2.05, 4.69) is 17.2 Å². The second-order valence-corrected chi connectivity index (χ2v) is 11.1. The van der Waals surface area contributed by atoms with Crippen molar-refractivity contribution in [1.29, 1.82) is 0 Å². The van der Waals surface area contributed by atoms with Gasteiger partial charge in [-0.2, -0.15) is 0 Å². The number of hydrogen-bond acceptors (Lipinski definition) is 6. The molecular weight excluding hydrogens is 546 g/mol. The van der Waals surface area contributed by atoms with Crippen LogP contribution >= 0.6 is 0 Å². The molecule has 4 rings (SSSR count). The number of carboxylic acids is 1. The molecule has 230 valence electrons. The van der Waals surface area contributed by atoms with Crippen molar-refractivity contribution in [3.63, 3.8) is 0 Å². The fourth-order valence-corrected chi connectivity index (χ4v) is 5.58. The number of amides is 1. The summed E-state index contributed by atoms with van der Waals surface area (Å²) in [5.74, 6) is -1.37. The number of nitrogens with one attached hydrogen (secondary N) is 1. The van der Waals surface area contributed by atoms with E-state index in [9.17, 15) is 19.5 Å². The molecule has 9 heteroatoms. The van der Waals surface area contributed by atoms with Crippen LogP contribution in [-0.4, -0.2) is 52.1 Å². The van der Waals surface area contributed by atoms with Gasteiger partial charge in [-0.15, -0.1) is 0 Å². The Bertz CT molecular complexity index is 1310. The Labute approximate surface area is 253 Å². The molecule has 1 aliphatic carbocycles. The third-order valence-corrected chi connectivity index (χ3v) is 7.92. The zero-order valence-electron chi connectivity index (χ0n) is 25.0. The lowest BCUT2D eigenvalue weighted by Gasteiger charge is -2.17. The molecule has 1 heterocycles. The third kappa shape index (κ3) is 9.17. The Kier molecular flexibility index (Phi) is 12.2. The maximum atomic E-state index is 12.6. The maximum absolute atomic E-state index is 12.6. The molecule has 0 saturated heterocycles. The van der Waals surface area contributed by atoms with Crippen LogP contribution in [0.1, 0.15) is 93.9 Å². The van der Waals surface area contributed by atoms with E-state index in [-0.39, 0.29) is 18.9 Å². The molecule has 0 bridgehead atoms. The maximum Gasteiger partial charge on any atom is 0.419 e. The van der Waals surface area contributed by atoms with Gasteiger partial charge in [0.15, 0.2) is 0 Å². The Morgan fingerprint density at radius 2 is 1.44 bits per heavy atom. The number of hydrogen-bond donors (Lipinski definition) is 2. The molecule has 0 saturated carbocycles. The first-order valence-electron chi connectivity index (χ1n) is 15.5. The number of aromatic nitrogens is 2. The summed E-state index contributed by atoms with van der Waals surface area (Å²) in [5.41, 5.74) is 4.68. The molecule has 43 heavy (non-hydrogen) atoms. The van der Waals surface area contributed by atoms with Gasteiger partial charge in [0, 0.05) is 18.5 Å². The van der Waals surface area contributed by atoms with E-state index in [1.807, 2.05) is 48.5 Å². The van der Waals surface area contributed by atoms with E-state index in [0.29, 0.717) is 12.3 Å². The summed E-state index contributed by atoms with van der Waals surface area (Å²) in [6.45, 7) is 2.62. The number of fused-ring (bicyclic) bond motifs is 3. The molecule has 1 aromatic heterocycles. The van der Waals surface area contributed by atoms with Gasteiger partial charge < -0.3 is 19.9 Å². The molecule has 1 aliphatic rings. The third-order valence-electron chi connectivity index (χ3n) is 7.92. The first-order valence-corrected chi connectivity index (χ1v) is 15.5. The van der Waals surface area contributed by atoms with Crippen molar-refractivity contribution in [2.75, 3.05) is 13.2 Å². The number of alkyl carbamates (subject to hydrolysis) is 1. The van der Waals surface area contributed by atoms with Crippen LogP contribution in [-0.2, 0) is 20.7 Å². The standard InChI is InChI=1S/C34H43N3O6/c1-2-3-4-5-6-7-8-9-10-15-20-42-34(41)37-22-25(35-24-37)21-31(32(38)39)36-33(40)43-23-30-28-18-13-11-16-26(28)27-17-12-14-19-29(27)30/h11-14,16-19,22,24,30-31H,2-10,15,20-21,23H2,1H3,(H,36,40)(H,38,39)/t31-/m0/s1. The van der Waals surface area contributed by atoms with Crippen molar-refractivity contribution in [2.24, 2.45) is 0 Å². The highest BCUT2D eigenvalue weighted by Crippen LogP contribution is 2.44. The van der Waals surface area contributed by atoms with E-state index in [4.69, 9.17) is 9.47 Å². The Morgan fingerprint density at radius 1 is 0.860 bits per heavy atom. The molecule has 0 spiro atoms. The van der Waals surface area contributed by atoms with Crippen LogP contribution < -0.4 is 5.32 Å². The van der Waals surface area contributed by atoms with Crippen molar-refractivity contribution < 1.29 is 29.0 Å². The highest BCUT2D eigenvalue weighted by molar-refractivity contribution is 5.81. The lowest BCUT2D eigenvalue weighted by atomic mass is 9.98. The first kappa shape index (κ1) is 31.8. The number of ether oxygens (including phenoxy) is 2. The van der Waals surface area contributed by atoms with Gasteiger partial charge in [-0.05, 0) is 28.7 Å². The number of carboxylic acid groups (broad SMARTS) is 1. The number of unbranched alkanes of at least 4 members (excludes halogenated alkanes) is 9. The smallest absolute Gasteiger partial charge is 0.419 e. The van der Waals surface area contributed by atoms with Crippen molar-refractivity contribution in [1.82, 2.24) is 14.9 Å². The molecule has 0 fully saturated rings. The van der Waals surface area contributed by atoms with Crippen LogP contribution in [0.5, 0.6) is 0 Å². The summed E-state index contributed by atoms with van der Waals surface area (Å²) >= 11 is 0. The van der Waals surface area contributed by atoms with E-state index in [0.717, 1.165) is 41.5 Å². The summed E-state index contributed by atoms with van der Waals surface area (Å²) in [6.07, 6.45) is 13.2. The Hall–Kier alpha value is -4.14. The number of benzene rings is 2. The summed E-state index contributed by atoms with van der Waals surface area (Å²) in [6, 6.07) is 14.7. The number of carbonyl (C=O) groups is 3. The minimum Gasteiger partial charge on any atom is -0.480 e. The fourth-order valence-electron chi connectivity index (χ4n) is 5.58. The SMILES string of the molecule is CCCCCCCCCCCCOC(=O)n1cnc(C[C@H](NC(=O)OCC2c3ccccc3-c3ccccc32)C(=O)O)c1. The number of imidazole rings is 1. The van der Waals surface area contributed by atoms with Gasteiger partial charge in [0.1, 0.15) is 19.0 Å². The number of aliphatic carboxylic acids is 1. The van der Waals surface area contributed by atoms with Crippen molar-refractivity contribution >= 4 is 18.2 Å². The fraction of sp³-hybridized carbons (Fsp3) is 0.471. The topological polar surface area (TPSA) is 120 Å². The van der Waals surface area contributed by atoms with Crippen molar-refractivity contribution in [3.8, 4) is 11.1 Å². The molecule has 0 radical (unpaired) electrons. The van der Waals surface area contributed by atoms with Gasteiger partial charge in [0.2, 0.25) is 0 Å². The van der Waals surface area contributed by atoms with Crippen LogP contribution in [0.3, 0.4) is 0 Å². The van der Waals surface area contributed by atoms with Gasteiger partial charge in [-0.1, -0.05) is 113 Å². The van der Waals surface area contributed by atoms with Crippen LogP contribution in [0.25, 0.3) is 11.1 Å². The predicted molar refractivity (Wildman–Crippen MR) is 164 cm³/mol. The first-order chi connectivity index (χ1) is 21.0. The highest BCUT2D eigenvalue weighted by atomic mass is 16.6. The Morgan fingerprint density at radius 3 is 2.05 bits per heavy atom. The minimum absolute atomic E-state index is 0.0751. The van der Waals surface area contributed by atoms with Gasteiger partial charge in [0.05, 0.1) is 12.3 Å². The predicted octanol–water partition coefficient (Wildman–Crippen LogP) is 7.32. The van der Waals surface area contributed by atoms with Gasteiger partial charge in [-0.3, -0.25) is 0 Å². The number of rotatable bonds is 17. The van der Waals surface area contributed by atoms with Gasteiger partial charge in [0.25, 0.3) is 0 Å². The van der Waals surface area contributed by atoms with Crippen LogP contribution in [0, 0.1) is 0 Å². The van der Waals surface area contributed by atoms with Gasteiger partial charge >= 0.3 is 18.2 Å². The summed E-state index contributed by atoms with van der Waals surface area (Å²) < 4.78 is 12.0. The average Bonchev–Trinajstić information content (AvgIpc) is 3.61. The quantitative estimate of drug-likeness (QED) is 0.158. The molecule has 1 amide bonds. The van der Waals surface area contributed by atoms with E-state index < -0.39 is 24.2 Å². The monoisotopic (exact) mass is 589 g/mol. The number of carbonyl (C=O) groups excluding carboxylic acids is 2. The average molecular weight is 590 g/mol. The molecule has 0 aliphatic heterocycles. The molecule has 1 atom stereocenters. The molecule has 3 aromatic rings. The van der Waals surface area contributed by atoms with E-state index in [1.54, 1.807) is 0 Å². The Balaban J connectivity index is 1.18. The normalized spacial score (nSPS) is 12.8. The van der Waals surface area contributed by atoms with Crippen LogP contribution in [0.15, 0.2) is 61.1 Å². The summed E-state index contributed by atoms with van der Waals surface area (Å²) in [5, 5.41) is 12.1. The zero-order chi connectivity index (χ0) is 30.4. The molecule has 0 unspecified atom stereocenters. The number of nitrogens with zero attached hydrogens (tertiary/aromatic N) is 2. The van der Waals surface area contributed by atoms with Crippen LogP contribution in [0.4, 0.5) is 9.59 Å². The van der Waals surface area contributed by atoms with Crippen molar-refractivity contribution in [2.45, 2.75) is 89.5 Å².